The minimum atomic E-state index is -2.14. The highest BCUT2D eigenvalue weighted by Crippen LogP contribution is 2.52. The molecule has 3 saturated heterocycles. The predicted molar refractivity (Wildman–Crippen MR) is 188 cm³/mol. The Kier molecular flexibility index (Phi) is 10.3. The average Bonchev–Trinajstić information content (AvgIpc) is 3.11. The number of amides is 4. The van der Waals surface area contributed by atoms with E-state index in [0.29, 0.717) is 0 Å². The highest BCUT2D eigenvalue weighted by Gasteiger charge is 2.52. The van der Waals surface area contributed by atoms with Crippen LogP contribution in [0.1, 0.15) is 96.0 Å². The van der Waals surface area contributed by atoms with Gasteiger partial charge in [0.15, 0.2) is 24.1 Å². The monoisotopic (exact) mass is 781 g/mol. The van der Waals surface area contributed by atoms with Crippen molar-refractivity contribution in [3.05, 3.63) is 51.6 Å². The van der Waals surface area contributed by atoms with Crippen molar-refractivity contribution < 1.29 is 72.9 Å². The second-order valence-electron chi connectivity index (χ2n) is 15.0. The second kappa shape index (κ2) is 14.6. The molecule has 2 aromatic carbocycles. The Morgan fingerprint density at radius 2 is 1.64 bits per heavy atom. The number of aromatic hydroxyl groups is 2. The molecule has 56 heavy (non-hydrogen) atoms. The molecule has 10 atom stereocenters. The summed E-state index contributed by atoms with van der Waals surface area (Å²) in [5.74, 6) is -6.76. The topological polar surface area (TPSA) is 266 Å². The van der Waals surface area contributed by atoms with E-state index in [1.54, 1.807) is 13.8 Å². The van der Waals surface area contributed by atoms with Crippen molar-refractivity contribution in [2.45, 2.75) is 114 Å². The Bertz CT molecular complexity index is 2010. The van der Waals surface area contributed by atoms with Crippen molar-refractivity contribution in [3.63, 3.8) is 0 Å². The molecule has 0 bridgehead atoms. The van der Waals surface area contributed by atoms with Crippen LogP contribution in [0.5, 0.6) is 17.2 Å². The lowest BCUT2D eigenvalue weighted by atomic mass is 9.72. The lowest BCUT2D eigenvalue weighted by Gasteiger charge is -2.48. The smallest absolute Gasteiger partial charge is 0.328 e. The number of methoxy groups -OCH3 is 1. The number of ether oxygens (including phenoxy) is 5. The molecule has 0 aromatic heterocycles. The molecule has 7 rings (SSSR count). The van der Waals surface area contributed by atoms with Crippen molar-refractivity contribution in [2.24, 2.45) is 5.92 Å². The maximum Gasteiger partial charge on any atom is 0.328 e. The molecule has 18 nitrogen and oxygen atoms in total. The lowest BCUT2D eigenvalue weighted by molar-refractivity contribution is -0.297. The molecule has 2 aromatic rings. The molecule has 300 valence electrons. The van der Waals surface area contributed by atoms with Crippen LogP contribution in [0.3, 0.4) is 0 Å². The zero-order valence-electron chi connectivity index (χ0n) is 31.1. The molecule has 2 aliphatic carbocycles. The lowest BCUT2D eigenvalue weighted by Crippen LogP contribution is -2.68. The number of Topliss-reactive ketones (excluding diaryl/α,β-unsaturated/α-hetero) is 1. The summed E-state index contributed by atoms with van der Waals surface area (Å²) in [5, 5.41) is 53.0. The van der Waals surface area contributed by atoms with Gasteiger partial charge in [-0.3, -0.25) is 34.6 Å². The number of phenolic OH excluding ortho intramolecular Hbond substituents is 2. The van der Waals surface area contributed by atoms with Crippen LogP contribution in [0.25, 0.3) is 0 Å². The molecule has 0 radical (unpaired) electrons. The summed E-state index contributed by atoms with van der Waals surface area (Å²) in [4.78, 5) is 78.8. The quantitative estimate of drug-likeness (QED) is 0.127. The molecule has 18 heteroatoms. The highest BCUT2D eigenvalue weighted by atomic mass is 16.7. The van der Waals surface area contributed by atoms with Crippen LogP contribution in [0, 0.1) is 5.92 Å². The Balaban J connectivity index is 1.27. The van der Waals surface area contributed by atoms with E-state index < -0.39 is 137 Å². The van der Waals surface area contributed by atoms with E-state index >= 15 is 0 Å². The molecule has 0 spiro atoms. The summed E-state index contributed by atoms with van der Waals surface area (Å²) in [6.07, 6.45) is -8.08. The average molecular weight is 782 g/mol. The number of fused-ring (bicyclic) bond motifs is 4. The molecule has 3 heterocycles. The molecule has 4 amide bonds. The summed E-state index contributed by atoms with van der Waals surface area (Å²) in [6.45, 7) is 5.94. The van der Waals surface area contributed by atoms with Gasteiger partial charge in [0, 0.05) is 48.4 Å². The van der Waals surface area contributed by atoms with Gasteiger partial charge < -0.3 is 49.4 Å². The first kappa shape index (κ1) is 39.4. The molecule has 7 N–H and O–H groups in total. The normalized spacial score (nSPS) is 32.4. The summed E-state index contributed by atoms with van der Waals surface area (Å²) in [7, 11) is 1.31. The van der Waals surface area contributed by atoms with Crippen LogP contribution in [-0.4, -0.2) is 117 Å². The second-order valence-corrected chi connectivity index (χ2v) is 15.0. The molecule has 0 unspecified atom stereocenters. The van der Waals surface area contributed by atoms with Crippen molar-refractivity contribution in [2.75, 3.05) is 7.11 Å². The zero-order valence-corrected chi connectivity index (χ0v) is 31.1. The minimum absolute atomic E-state index is 0.0155. The molecular weight excluding hydrogens is 738 g/mol. The number of phenols is 2. The number of carbonyl (C=O) groups is 6. The highest BCUT2D eigenvalue weighted by molar-refractivity contribution is 6.31. The van der Waals surface area contributed by atoms with Crippen LogP contribution < -0.4 is 20.7 Å². The number of barbiturate groups is 1. The largest absolute Gasteiger partial charge is 0.507 e. The first-order chi connectivity index (χ1) is 26.4. The van der Waals surface area contributed by atoms with Crippen molar-refractivity contribution >= 4 is 35.2 Å². The van der Waals surface area contributed by atoms with E-state index in [2.05, 4.69) is 16.0 Å². The van der Waals surface area contributed by atoms with E-state index in [1.807, 2.05) is 0 Å². The van der Waals surface area contributed by atoms with Crippen LogP contribution in [0.15, 0.2) is 18.2 Å². The Labute approximate surface area is 319 Å². The molecule has 0 saturated carbocycles. The van der Waals surface area contributed by atoms with Gasteiger partial charge in [-0.05, 0) is 33.8 Å². The first-order valence-corrected chi connectivity index (χ1v) is 18.3. The number of imide groups is 2. The van der Waals surface area contributed by atoms with Gasteiger partial charge in [-0.25, -0.2) is 4.79 Å². The van der Waals surface area contributed by atoms with E-state index in [1.165, 1.54) is 32.2 Å². The number of aliphatic hydroxyl groups excluding tert-OH is 1. The maximum atomic E-state index is 14.0. The van der Waals surface area contributed by atoms with Gasteiger partial charge in [0.05, 0.1) is 54.3 Å². The molecule has 5 aliphatic rings. The number of hydrogen-bond donors (Lipinski definition) is 7. The third-order valence-electron chi connectivity index (χ3n) is 11.2. The standard InChI is InChI=1S/C38H43N3O15/c1-13(42)9-22-53-14(2)29(28-35(48)40-37(50)41-36(28)49)39-19-10-23(54-15(3)34(19)56-22)55-21-12-38(51,16(4)43)11-18-25(21)33(47)27-26(31(18)45)30(44)17-7-6-8-20(52-5)24(17)32(27)46/h6-8,13-15,19,21-23,28-29,34,39,42,45,47,51H,9-12H2,1-5H3,(H2,40,41,48,49,50)/t13-,14+,15+,19-,21+,22+,23+,29+,34+,38-/m0/s1. The van der Waals surface area contributed by atoms with Crippen LogP contribution in [-0.2, 0) is 39.8 Å². The van der Waals surface area contributed by atoms with Gasteiger partial charge in [-0.2, -0.15) is 0 Å². The molecule has 3 fully saturated rings. The van der Waals surface area contributed by atoms with E-state index in [4.69, 9.17) is 23.7 Å². The fourth-order valence-electron chi connectivity index (χ4n) is 8.51. The van der Waals surface area contributed by atoms with Crippen molar-refractivity contribution in [3.8, 4) is 17.2 Å². The van der Waals surface area contributed by atoms with Crippen LogP contribution >= 0.6 is 0 Å². The summed E-state index contributed by atoms with van der Waals surface area (Å²) in [5.41, 5.74) is -3.63. The third kappa shape index (κ3) is 6.63. The number of urea groups is 1. The van der Waals surface area contributed by atoms with Crippen molar-refractivity contribution in [1.29, 1.82) is 0 Å². The maximum absolute atomic E-state index is 14.0. The van der Waals surface area contributed by atoms with E-state index in [9.17, 15) is 49.2 Å². The summed E-state index contributed by atoms with van der Waals surface area (Å²) >= 11 is 0. The number of aliphatic hydroxyl groups is 2. The third-order valence-corrected chi connectivity index (χ3v) is 11.2. The molecular formula is C38H43N3O15. The van der Waals surface area contributed by atoms with Crippen LogP contribution in [0.4, 0.5) is 4.79 Å². The van der Waals surface area contributed by atoms with Gasteiger partial charge in [0.2, 0.25) is 17.6 Å². The minimum Gasteiger partial charge on any atom is -0.507 e. The number of carbonyl (C=O) groups excluding carboxylic acids is 6. The number of nitrogens with one attached hydrogen (secondary N) is 3. The number of benzene rings is 2. The Morgan fingerprint density at radius 1 is 0.964 bits per heavy atom. The number of rotatable bonds is 7. The van der Waals surface area contributed by atoms with Gasteiger partial charge >= 0.3 is 6.03 Å². The fourth-order valence-corrected chi connectivity index (χ4v) is 8.51. The van der Waals surface area contributed by atoms with Gasteiger partial charge in [-0.15, -0.1) is 0 Å². The SMILES string of the molecule is COc1cccc2c1C(=O)c1c(O)c3c(c(O)c1C2=O)C[C@@](O)(C(C)=O)C[C@H]3O[C@@H]1C[C@@H]2N[C@@H](C3C(=O)NC(=O)NC3=O)[C@@H](C)O[C@@H](C[C@H](C)O)O[C@@H]2[C@@H](C)O1. The van der Waals surface area contributed by atoms with Gasteiger partial charge in [-0.1, -0.05) is 12.1 Å². The predicted octanol–water partition coefficient (Wildman–Crippen LogP) is 0.551. The first-order valence-electron chi connectivity index (χ1n) is 18.3. The number of ketones is 3. The Morgan fingerprint density at radius 3 is 2.29 bits per heavy atom. The summed E-state index contributed by atoms with van der Waals surface area (Å²) in [6, 6.07) is 1.57. The Hall–Kier alpha value is -4.82. The van der Waals surface area contributed by atoms with Crippen LogP contribution in [0.2, 0.25) is 0 Å². The van der Waals surface area contributed by atoms with Gasteiger partial charge in [0.25, 0.3) is 0 Å². The van der Waals surface area contributed by atoms with Gasteiger partial charge in [0.1, 0.15) is 34.9 Å². The number of hydrogen-bond acceptors (Lipinski definition) is 16. The van der Waals surface area contributed by atoms with E-state index in [-0.39, 0.29) is 40.8 Å². The zero-order chi connectivity index (χ0) is 40.5. The summed E-state index contributed by atoms with van der Waals surface area (Å²) < 4.78 is 30.5. The molecule has 3 aliphatic heterocycles. The fraction of sp³-hybridized carbons (Fsp3) is 0.526. The van der Waals surface area contributed by atoms with E-state index in [0.717, 1.165) is 6.92 Å². The van der Waals surface area contributed by atoms with Crippen molar-refractivity contribution in [1.82, 2.24) is 16.0 Å².